The van der Waals surface area contributed by atoms with Crippen molar-refractivity contribution < 1.29 is 0 Å². The van der Waals surface area contributed by atoms with Crippen molar-refractivity contribution in [2.45, 2.75) is 25.7 Å². The van der Waals surface area contributed by atoms with Crippen molar-refractivity contribution in [3.63, 3.8) is 0 Å². The number of nitrogens with one attached hydrogen (secondary N) is 1. The third kappa shape index (κ3) is 5.59. The summed E-state index contributed by atoms with van der Waals surface area (Å²) in [6.07, 6.45) is 5.16. The van der Waals surface area contributed by atoms with Gasteiger partial charge in [-0.2, -0.15) is 0 Å². The number of rotatable bonds is 8. The molecule has 1 aliphatic heterocycles. The van der Waals surface area contributed by atoms with Gasteiger partial charge in [0.05, 0.1) is 16.7 Å². The highest BCUT2D eigenvalue weighted by Crippen LogP contribution is 2.30. The van der Waals surface area contributed by atoms with Crippen molar-refractivity contribution in [3.05, 3.63) is 48.5 Å². The topological polar surface area (TPSA) is 31.4 Å². The van der Waals surface area contributed by atoms with Gasteiger partial charge < -0.3 is 15.1 Å². The summed E-state index contributed by atoms with van der Waals surface area (Å²) in [5.74, 6) is 0. The molecular formula is C24H33ClN4. The maximum absolute atomic E-state index is 4.81. The number of halogens is 1. The Labute approximate surface area is 180 Å². The first kappa shape index (κ1) is 21.8. The standard InChI is InChI=1S/C24H32N4.ClH/c1-27-16-18-28(19-17-27)15-9-3-2-8-14-25-24-20-10-4-6-12-22(20)26-23-13-7-5-11-21(23)24;/h4-7,10-13H,2-3,8-9,14-19H2,1H3,(H,25,26);1H. The third-order valence-corrected chi connectivity index (χ3v) is 5.89. The second kappa shape index (κ2) is 10.8. The molecule has 156 valence electrons. The van der Waals surface area contributed by atoms with Gasteiger partial charge >= 0.3 is 0 Å². The number of aromatic nitrogens is 1. The number of likely N-dealkylation sites (N-methyl/N-ethyl adjacent to an activating group) is 1. The molecule has 0 amide bonds. The van der Waals surface area contributed by atoms with E-state index in [-0.39, 0.29) is 12.4 Å². The van der Waals surface area contributed by atoms with Crippen molar-refractivity contribution in [2.24, 2.45) is 0 Å². The van der Waals surface area contributed by atoms with Crippen molar-refractivity contribution >= 4 is 39.9 Å². The molecule has 1 aliphatic rings. The van der Waals surface area contributed by atoms with Crippen molar-refractivity contribution in [3.8, 4) is 0 Å². The molecule has 0 radical (unpaired) electrons. The summed E-state index contributed by atoms with van der Waals surface area (Å²) in [5.41, 5.74) is 3.37. The molecule has 2 aromatic carbocycles. The zero-order valence-electron chi connectivity index (χ0n) is 17.4. The maximum Gasteiger partial charge on any atom is 0.0730 e. The molecule has 0 unspecified atom stereocenters. The normalized spacial score (nSPS) is 15.5. The predicted octanol–water partition coefficient (Wildman–Crippen LogP) is 5.03. The van der Waals surface area contributed by atoms with E-state index in [1.54, 1.807) is 0 Å². The number of anilines is 1. The lowest BCUT2D eigenvalue weighted by atomic mass is 10.1. The molecule has 0 bridgehead atoms. The molecule has 3 aromatic rings. The second-order valence-corrected chi connectivity index (χ2v) is 8.01. The number of piperazine rings is 1. The van der Waals surface area contributed by atoms with E-state index in [4.69, 9.17) is 4.98 Å². The average Bonchev–Trinajstić information content (AvgIpc) is 2.73. The number of nitrogens with zero attached hydrogens (tertiary/aromatic N) is 3. The quantitative estimate of drug-likeness (QED) is 0.415. The summed E-state index contributed by atoms with van der Waals surface area (Å²) in [5, 5.41) is 6.16. The van der Waals surface area contributed by atoms with Crippen molar-refractivity contribution in [2.75, 3.05) is 51.6 Å². The van der Waals surface area contributed by atoms with Crippen LogP contribution >= 0.6 is 12.4 Å². The molecule has 1 N–H and O–H groups in total. The highest BCUT2D eigenvalue weighted by Gasteiger charge is 2.12. The molecule has 0 saturated carbocycles. The summed E-state index contributed by atoms with van der Waals surface area (Å²) in [6.45, 7) is 7.20. The molecule has 29 heavy (non-hydrogen) atoms. The minimum atomic E-state index is 0. The van der Waals surface area contributed by atoms with Gasteiger partial charge in [0.25, 0.3) is 0 Å². The van der Waals surface area contributed by atoms with Crippen LogP contribution in [-0.4, -0.2) is 61.1 Å². The van der Waals surface area contributed by atoms with E-state index < -0.39 is 0 Å². The number of pyridine rings is 1. The smallest absolute Gasteiger partial charge is 0.0730 e. The maximum atomic E-state index is 4.81. The summed E-state index contributed by atoms with van der Waals surface area (Å²) in [7, 11) is 2.22. The SMILES string of the molecule is CN1CCN(CCCCCCNc2c3ccccc3nc3ccccc23)CC1.Cl. The first-order valence-electron chi connectivity index (χ1n) is 10.7. The predicted molar refractivity (Wildman–Crippen MR) is 127 cm³/mol. The number of fused-ring (bicyclic) bond motifs is 2. The van der Waals surface area contributed by atoms with Crippen LogP contribution in [-0.2, 0) is 0 Å². The largest absolute Gasteiger partial charge is 0.384 e. The highest BCUT2D eigenvalue weighted by molar-refractivity contribution is 6.07. The monoisotopic (exact) mass is 412 g/mol. The van der Waals surface area contributed by atoms with Crippen LogP contribution in [0.2, 0.25) is 0 Å². The lowest BCUT2D eigenvalue weighted by molar-refractivity contribution is 0.152. The zero-order chi connectivity index (χ0) is 19.2. The van der Waals surface area contributed by atoms with E-state index >= 15 is 0 Å². The number of unbranched alkanes of at least 4 members (excludes halogenated alkanes) is 3. The first-order chi connectivity index (χ1) is 13.8. The molecule has 5 heteroatoms. The summed E-state index contributed by atoms with van der Waals surface area (Å²) >= 11 is 0. The van der Waals surface area contributed by atoms with E-state index in [9.17, 15) is 0 Å². The number of hydrogen-bond donors (Lipinski definition) is 1. The first-order valence-corrected chi connectivity index (χ1v) is 10.7. The average molecular weight is 413 g/mol. The summed E-state index contributed by atoms with van der Waals surface area (Å²) in [4.78, 5) is 9.85. The molecule has 2 heterocycles. The molecule has 1 aromatic heterocycles. The van der Waals surface area contributed by atoms with Gasteiger partial charge in [-0.3, -0.25) is 0 Å². The van der Waals surface area contributed by atoms with Crippen LogP contribution in [0.5, 0.6) is 0 Å². The van der Waals surface area contributed by atoms with Crippen LogP contribution in [0.4, 0.5) is 5.69 Å². The van der Waals surface area contributed by atoms with Crippen LogP contribution in [0.1, 0.15) is 25.7 Å². The Morgan fingerprint density at radius 3 is 2.03 bits per heavy atom. The summed E-state index contributed by atoms with van der Waals surface area (Å²) in [6, 6.07) is 16.9. The van der Waals surface area contributed by atoms with E-state index in [2.05, 4.69) is 70.7 Å². The Morgan fingerprint density at radius 2 is 1.38 bits per heavy atom. The van der Waals surface area contributed by atoms with Crippen LogP contribution in [0.15, 0.2) is 48.5 Å². The van der Waals surface area contributed by atoms with Gasteiger partial charge in [-0.1, -0.05) is 49.2 Å². The molecule has 4 nitrogen and oxygen atoms in total. The molecule has 1 fully saturated rings. The van der Waals surface area contributed by atoms with Gasteiger partial charge in [0, 0.05) is 43.5 Å². The minimum Gasteiger partial charge on any atom is -0.384 e. The number of benzene rings is 2. The Kier molecular flexibility index (Phi) is 8.10. The Hall–Kier alpha value is -1.88. The minimum absolute atomic E-state index is 0. The molecule has 0 atom stereocenters. The van der Waals surface area contributed by atoms with E-state index in [0.29, 0.717) is 0 Å². The fraction of sp³-hybridized carbons (Fsp3) is 0.458. The lowest BCUT2D eigenvalue weighted by Gasteiger charge is -2.32. The highest BCUT2D eigenvalue weighted by atomic mass is 35.5. The van der Waals surface area contributed by atoms with Gasteiger partial charge in [0.2, 0.25) is 0 Å². The van der Waals surface area contributed by atoms with Crippen LogP contribution in [0, 0.1) is 0 Å². The van der Waals surface area contributed by atoms with Gasteiger partial charge in [-0.05, 0) is 38.6 Å². The fourth-order valence-corrected chi connectivity index (χ4v) is 4.13. The summed E-state index contributed by atoms with van der Waals surface area (Å²) < 4.78 is 0. The molecular weight excluding hydrogens is 380 g/mol. The Balaban J connectivity index is 0.00000240. The van der Waals surface area contributed by atoms with Crippen LogP contribution in [0.3, 0.4) is 0 Å². The lowest BCUT2D eigenvalue weighted by Crippen LogP contribution is -2.44. The van der Waals surface area contributed by atoms with Crippen molar-refractivity contribution in [1.82, 2.24) is 14.8 Å². The van der Waals surface area contributed by atoms with Gasteiger partial charge in [-0.15, -0.1) is 12.4 Å². The molecule has 0 spiro atoms. The molecule has 0 aliphatic carbocycles. The molecule has 1 saturated heterocycles. The second-order valence-electron chi connectivity index (χ2n) is 8.01. The fourth-order valence-electron chi connectivity index (χ4n) is 4.13. The zero-order valence-corrected chi connectivity index (χ0v) is 18.3. The van der Waals surface area contributed by atoms with Gasteiger partial charge in [-0.25, -0.2) is 4.98 Å². The van der Waals surface area contributed by atoms with E-state index in [1.807, 2.05) is 0 Å². The van der Waals surface area contributed by atoms with Crippen LogP contribution in [0.25, 0.3) is 21.8 Å². The third-order valence-electron chi connectivity index (χ3n) is 5.89. The van der Waals surface area contributed by atoms with Gasteiger partial charge in [0.1, 0.15) is 0 Å². The van der Waals surface area contributed by atoms with E-state index in [0.717, 1.165) is 17.6 Å². The van der Waals surface area contributed by atoms with E-state index in [1.165, 1.54) is 74.9 Å². The molecule has 4 rings (SSSR count). The Morgan fingerprint density at radius 1 is 0.793 bits per heavy atom. The number of hydrogen-bond acceptors (Lipinski definition) is 4. The van der Waals surface area contributed by atoms with Crippen molar-refractivity contribution in [1.29, 1.82) is 0 Å². The Bertz CT molecular complexity index is 852. The number of para-hydroxylation sites is 2. The van der Waals surface area contributed by atoms with Gasteiger partial charge in [0.15, 0.2) is 0 Å². The van der Waals surface area contributed by atoms with Crippen LogP contribution < -0.4 is 5.32 Å².